The number of hydrogen-bond donors (Lipinski definition) is 3. The molecule has 2 fully saturated rings. The van der Waals surface area contributed by atoms with Crippen molar-refractivity contribution in [1.82, 2.24) is 0 Å². The topological polar surface area (TPSA) is 87.0 Å². The normalized spacial score (nSPS) is 28.4. The number of aliphatic hydroxyl groups is 2. The van der Waals surface area contributed by atoms with Gasteiger partial charge in [-0.2, -0.15) is 0 Å². The smallest absolute Gasteiger partial charge is 0.335 e. The second-order valence-electron chi connectivity index (χ2n) is 9.83. The summed E-state index contributed by atoms with van der Waals surface area (Å²) in [5.41, 5.74) is 0.426. The number of aliphatic hydroxyl groups excluding tert-OH is 2. The molecule has 0 spiro atoms. The Hall–Kier alpha value is -2.77. The predicted octanol–water partition coefficient (Wildman–Crippen LogP) is 4.39. The number of aromatic carboxylic acids is 1. The maximum absolute atomic E-state index is 14.5. The highest BCUT2D eigenvalue weighted by molar-refractivity contribution is 5.88. The summed E-state index contributed by atoms with van der Waals surface area (Å²) in [6.45, 7) is 0. The molecule has 5 nitrogen and oxygen atoms in total. The second kappa shape index (κ2) is 8.78. The highest BCUT2D eigenvalue weighted by atomic mass is 19.1. The number of rotatable bonds is 5. The van der Waals surface area contributed by atoms with Crippen LogP contribution in [0.2, 0.25) is 0 Å². The van der Waals surface area contributed by atoms with Crippen molar-refractivity contribution in [3.05, 3.63) is 76.9 Å². The first-order valence-electron chi connectivity index (χ1n) is 11.8. The summed E-state index contributed by atoms with van der Waals surface area (Å²) in [7, 11) is 0. The van der Waals surface area contributed by atoms with Crippen molar-refractivity contribution in [2.45, 2.75) is 62.3 Å². The lowest BCUT2D eigenvalue weighted by Crippen LogP contribution is -2.45. The van der Waals surface area contributed by atoms with E-state index in [2.05, 4.69) is 0 Å². The highest BCUT2D eigenvalue weighted by Crippen LogP contribution is 2.49. The first-order valence-corrected chi connectivity index (χ1v) is 11.8. The molecule has 7 heteroatoms. The molecular formula is C27H28F2O5. The van der Waals surface area contributed by atoms with Gasteiger partial charge < -0.3 is 20.1 Å². The van der Waals surface area contributed by atoms with E-state index in [0.29, 0.717) is 31.4 Å². The van der Waals surface area contributed by atoms with Gasteiger partial charge in [0.2, 0.25) is 0 Å². The molecule has 2 aliphatic carbocycles. The van der Waals surface area contributed by atoms with Gasteiger partial charge in [0.1, 0.15) is 23.5 Å². The fourth-order valence-corrected chi connectivity index (χ4v) is 5.96. The molecule has 180 valence electrons. The lowest BCUT2D eigenvalue weighted by Gasteiger charge is -2.45. The summed E-state index contributed by atoms with van der Waals surface area (Å²) >= 11 is 0. The second-order valence-corrected chi connectivity index (χ2v) is 9.83. The molecule has 3 aliphatic rings. The van der Waals surface area contributed by atoms with Crippen LogP contribution in [0.5, 0.6) is 5.75 Å². The quantitative estimate of drug-likeness (QED) is 0.564. The van der Waals surface area contributed by atoms with Gasteiger partial charge in [0.25, 0.3) is 0 Å². The molecule has 0 radical (unpaired) electrons. The van der Waals surface area contributed by atoms with Crippen molar-refractivity contribution < 1.29 is 33.6 Å². The molecule has 0 bridgehead atoms. The number of hydrogen-bond acceptors (Lipinski definition) is 4. The van der Waals surface area contributed by atoms with E-state index >= 15 is 0 Å². The summed E-state index contributed by atoms with van der Waals surface area (Å²) in [4.78, 5) is 11.3. The number of carbonyl (C=O) groups is 1. The van der Waals surface area contributed by atoms with Gasteiger partial charge in [-0.05, 0) is 67.1 Å². The molecule has 0 aromatic heterocycles. The zero-order chi connectivity index (χ0) is 24.0. The molecule has 2 aromatic rings. The minimum absolute atomic E-state index is 0.0117. The molecule has 1 heterocycles. The van der Waals surface area contributed by atoms with Crippen LogP contribution >= 0.6 is 0 Å². The van der Waals surface area contributed by atoms with Crippen molar-refractivity contribution in [1.29, 1.82) is 0 Å². The maximum atomic E-state index is 14.5. The van der Waals surface area contributed by atoms with Gasteiger partial charge in [-0.15, -0.1) is 0 Å². The number of aryl methyl sites for hydroxylation is 1. The van der Waals surface area contributed by atoms with E-state index in [9.17, 15) is 28.9 Å². The van der Waals surface area contributed by atoms with E-state index in [4.69, 9.17) is 4.74 Å². The van der Waals surface area contributed by atoms with Crippen LogP contribution in [0, 0.1) is 23.5 Å². The fourth-order valence-electron chi connectivity index (χ4n) is 5.96. The Morgan fingerprint density at radius 1 is 1.18 bits per heavy atom. The van der Waals surface area contributed by atoms with E-state index < -0.39 is 35.2 Å². The van der Waals surface area contributed by atoms with Crippen LogP contribution in [-0.4, -0.2) is 39.6 Å². The third kappa shape index (κ3) is 3.91. The van der Waals surface area contributed by atoms with Crippen LogP contribution in [0.15, 0.2) is 48.6 Å². The summed E-state index contributed by atoms with van der Waals surface area (Å²) in [5.74, 6) is -1.81. The molecule has 2 saturated carbocycles. The molecule has 2 aromatic carbocycles. The van der Waals surface area contributed by atoms with Crippen LogP contribution in [0.1, 0.15) is 53.6 Å². The lowest BCUT2D eigenvalue weighted by atomic mass is 9.60. The maximum Gasteiger partial charge on any atom is 0.335 e. The van der Waals surface area contributed by atoms with E-state index in [1.165, 1.54) is 12.1 Å². The fraction of sp³-hybridized carbons (Fsp3) is 0.444. The van der Waals surface area contributed by atoms with Gasteiger partial charge in [0, 0.05) is 23.7 Å². The van der Waals surface area contributed by atoms with Gasteiger partial charge in [0.05, 0.1) is 17.8 Å². The minimum atomic E-state index is -1.02. The van der Waals surface area contributed by atoms with E-state index in [1.54, 1.807) is 24.3 Å². The number of carboxylic acids is 1. The highest BCUT2D eigenvalue weighted by Gasteiger charge is 2.47. The summed E-state index contributed by atoms with van der Waals surface area (Å²) in [6, 6.07) is 8.23. The van der Waals surface area contributed by atoms with Crippen LogP contribution in [0.4, 0.5) is 8.78 Å². The average molecular weight is 471 g/mol. The molecule has 3 N–H and O–H groups in total. The van der Waals surface area contributed by atoms with Crippen molar-refractivity contribution in [3.63, 3.8) is 0 Å². The predicted molar refractivity (Wildman–Crippen MR) is 121 cm³/mol. The molecule has 5 atom stereocenters. The molecular weight excluding hydrogens is 442 g/mol. The van der Waals surface area contributed by atoms with Crippen molar-refractivity contribution in [2.24, 2.45) is 11.8 Å². The van der Waals surface area contributed by atoms with E-state index in [0.717, 1.165) is 30.5 Å². The van der Waals surface area contributed by atoms with Gasteiger partial charge in [-0.25, -0.2) is 13.6 Å². The van der Waals surface area contributed by atoms with Gasteiger partial charge in [-0.1, -0.05) is 24.6 Å². The molecule has 34 heavy (non-hydrogen) atoms. The zero-order valence-electron chi connectivity index (χ0n) is 18.7. The largest absolute Gasteiger partial charge is 0.490 e. The van der Waals surface area contributed by atoms with Gasteiger partial charge >= 0.3 is 5.97 Å². The van der Waals surface area contributed by atoms with Crippen LogP contribution in [0.25, 0.3) is 0 Å². The number of fused-ring (bicyclic) bond motifs is 2. The number of benzene rings is 2. The number of halogens is 2. The third-order valence-corrected chi connectivity index (χ3v) is 8.02. The monoisotopic (exact) mass is 470 g/mol. The van der Waals surface area contributed by atoms with Gasteiger partial charge in [-0.3, -0.25) is 0 Å². The SMILES string of the molecule is O=C(O)c1ccc2c(c1)O[C@H]1C[C@@H](O)[C@H](/C=C/C(O)C3(c4cc(F)ccc4F)CCC3)[C@H]1CC2. The molecule has 1 unspecified atom stereocenters. The lowest BCUT2D eigenvalue weighted by molar-refractivity contribution is 0.0584. The molecule has 0 saturated heterocycles. The van der Waals surface area contributed by atoms with Crippen molar-refractivity contribution in [2.75, 3.05) is 0 Å². The number of ether oxygens (including phenoxy) is 1. The summed E-state index contributed by atoms with van der Waals surface area (Å²) < 4.78 is 34.5. The zero-order valence-corrected chi connectivity index (χ0v) is 18.7. The Morgan fingerprint density at radius 3 is 2.68 bits per heavy atom. The summed E-state index contributed by atoms with van der Waals surface area (Å²) in [6.07, 6.45) is 5.25. The van der Waals surface area contributed by atoms with Crippen LogP contribution in [-0.2, 0) is 11.8 Å². The third-order valence-electron chi connectivity index (χ3n) is 8.02. The van der Waals surface area contributed by atoms with Crippen molar-refractivity contribution in [3.8, 4) is 5.75 Å². The Morgan fingerprint density at radius 2 is 1.97 bits per heavy atom. The summed E-state index contributed by atoms with van der Waals surface area (Å²) in [5, 5.41) is 31.1. The standard InChI is InChI=1S/C27H28F2O5/c28-17-5-8-21(29)20(13-17)27(10-1-11-27)25(31)9-7-18-19-6-4-15-2-3-16(26(32)33)12-23(15)34-24(19)14-22(18)30/h2-3,5,7-9,12-13,18-19,22,24-25,30-31H,1,4,6,10-11,14H2,(H,32,33)/b9-7+/t18-,19-,22-,24+,25?/m1/s1. The first kappa shape index (κ1) is 23.0. The number of carboxylic acid groups (broad SMARTS) is 1. The Bertz CT molecular complexity index is 1130. The Balaban J connectivity index is 1.36. The Kier molecular flexibility index (Phi) is 5.94. The first-order chi connectivity index (χ1) is 16.3. The van der Waals surface area contributed by atoms with E-state index in [1.807, 2.05) is 0 Å². The van der Waals surface area contributed by atoms with E-state index in [-0.39, 0.29) is 29.1 Å². The molecule has 5 rings (SSSR count). The van der Waals surface area contributed by atoms with Crippen LogP contribution < -0.4 is 4.74 Å². The molecule has 0 amide bonds. The molecule has 1 aliphatic heterocycles. The van der Waals surface area contributed by atoms with Crippen molar-refractivity contribution >= 4 is 5.97 Å². The Labute approximate surface area is 196 Å². The average Bonchev–Trinajstić information content (AvgIpc) is 2.94. The minimum Gasteiger partial charge on any atom is -0.490 e. The van der Waals surface area contributed by atoms with Crippen LogP contribution in [0.3, 0.4) is 0 Å². The van der Waals surface area contributed by atoms with Gasteiger partial charge in [0.15, 0.2) is 0 Å².